The van der Waals surface area contributed by atoms with E-state index in [1.54, 1.807) is 0 Å². The number of quaternary nitrogens is 1. The molecular formula is C36H62N3O+. The average Bonchev–Trinajstić information content (AvgIpc) is 2.99. The van der Waals surface area contributed by atoms with Crippen molar-refractivity contribution in [2.75, 3.05) is 32.8 Å². The molecule has 0 amide bonds. The quantitative estimate of drug-likeness (QED) is 0.0907. The van der Waals surface area contributed by atoms with Crippen LogP contribution >= 0.6 is 0 Å². The third kappa shape index (κ3) is 14.1. The lowest BCUT2D eigenvalue weighted by Gasteiger charge is -2.39. The molecular weight excluding hydrogens is 490 g/mol. The van der Waals surface area contributed by atoms with Gasteiger partial charge in [-0.15, -0.1) is 0 Å². The monoisotopic (exact) mass is 552 g/mol. The maximum absolute atomic E-state index is 6.06. The standard InChI is InChI=1S/C36H62N3O/c1-5-9-13-14-15-18-21-33-31-37-36(38-32-33)34-22-24-35(25-23-34)40-30-20-17-16-19-29-39(26-10-6-2,27-11-7-3)28-12-8-4/h22-25,31-32H,5-21,26-30H2,1-4H3/q+1. The van der Waals surface area contributed by atoms with Crippen LogP contribution in [0.25, 0.3) is 11.4 Å². The van der Waals surface area contributed by atoms with Crippen LogP contribution in [0.15, 0.2) is 36.7 Å². The van der Waals surface area contributed by atoms with Crippen LogP contribution in [0.5, 0.6) is 5.75 Å². The van der Waals surface area contributed by atoms with E-state index in [0.29, 0.717) is 0 Å². The van der Waals surface area contributed by atoms with E-state index < -0.39 is 0 Å². The first-order valence-corrected chi connectivity index (χ1v) is 17.1. The van der Waals surface area contributed by atoms with Crippen molar-refractivity contribution in [3.8, 4) is 17.1 Å². The van der Waals surface area contributed by atoms with Crippen LogP contribution in [0.4, 0.5) is 0 Å². The Labute approximate surface area is 247 Å². The van der Waals surface area contributed by atoms with Crippen LogP contribution in [0, 0.1) is 0 Å². The number of hydrogen-bond donors (Lipinski definition) is 0. The number of ether oxygens (including phenoxy) is 1. The normalized spacial score (nSPS) is 11.7. The number of nitrogens with zero attached hydrogens (tertiary/aromatic N) is 3. The summed E-state index contributed by atoms with van der Waals surface area (Å²) in [6.07, 6.45) is 26.1. The molecule has 0 radical (unpaired) electrons. The number of benzene rings is 1. The molecule has 1 heterocycles. The second kappa shape index (κ2) is 21.8. The van der Waals surface area contributed by atoms with Crippen molar-refractivity contribution in [1.82, 2.24) is 9.97 Å². The van der Waals surface area contributed by atoms with Gasteiger partial charge in [0.1, 0.15) is 5.75 Å². The minimum absolute atomic E-state index is 0.796. The largest absolute Gasteiger partial charge is 0.494 e. The Hall–Kier alpha value is -1.94. The fourth-order valence-corrected chi connectivity index (χ4v) is 5.69. The molecule has 0 saturated heterocycles. The zero-order valence-corrected chi connectivity index (χ0v) is 26.8. The third-order valence-corrected chi connectivity index (χ3v) is 8.39. The highest BCUT2D eigenvalue weighted by Gasteiger charge is 2.25. The maximum atomic E-state index is 6.06. The van der Waals surface area contributed by atoms with Gasteiger partial charge in [0.25, 0.3) is 0 Å². The minimum atomic E-state index is 0.796. The van der Waals surface area contributed by atoms with Crippen molar-refractivity contribution in [1.29, 1.82) is 0 Å². The molecule has 0 aliphatic rings. The zero-order valence-electron chi connectivity index (χ0n) is 26.8. The van der Waals surface area contributed by atoms with Crippen molar-refractivity contribution in [3.63, 3.8) is 0 Å². The van der Waals surface area contributed by atoms with Crippen LogP contribution in [-0.2, 0) is 6.42 Å². The molecule has 2 aromatic rings. The Morgan fingerprint density at radius 1 is 0.550 bits per heavy atom. The van der Waals surface area contributed by atoms with Crippen molar-refractivity contribution in [3.05, 3.63) is 42.2 Å². The van der Waals surface area contributed by atoms with Gasteiger partial charge in [-0.05, 0) is 87.6 Å². The van der Waals surface area contributed by atoms with E-state index in [0.717, 1.165) is 36.6 Å². The minimum Gasteiger partial charge on any atom is -0.494 e. The van der Waals surface area contributed by atoms with Crippen molar-refractivity contribution in [2.24, 2.45) is 0 Å². The Morgan fingerprint density at radius 2 is 1.05 bits per heavy atom. The van der Waals surface area contributed by atoms with Crippen molar-refractivity contribution < 1.29 is 9.22 Å². The molecule has 0 bridgehead atoms. The number of unbranched alkanes of at least 4 members (excludes halogenated alkanes) is 11. The summed E-state index contributed by atoms with van der Waals surface area (Å²) in [6, 6.07) is 8.28. The van der Waals surface area contributed by atoms with Crippen LogP contribution in [0.1, 0.15) is 136 Å². The van der Waals surface area contributed by atoms with E-state index in [2.05, 4.69) is 61.9 Å². The lowest BCUT2D eigenvalue weighted by atomic mass is 10.1. The maximum Gasteiger partial charge on any atom is 0.159 e. The van der Waals surface area contributed by atoms with Gasteiger partial charge in [0.2, 0.25) is 0 Å². The summed E-state index contributed by atoms with van der Waals surface area (Å²) >= 11 is 0. The van der Waals surface area contributed by atoms with Crippen LogP contribution < -0.4 is 4.74 Å². The smallest absolute Gasteiger partial charge is 0.159 e. The molecule has 226 valence electrons. The Balaban J connectivity index is 1.67. The van der Waals surface area contributed by atoms with Gasteiger partial charge < -0.3 is 9.22 Å². The number of hydrogen-bond acceptors (Lipinski definition) is 3. The molecule has 0 aliphatic carbocycles. The molecule has 1 aromatic carbocycles. The second-order valence-electron chi connectivity index (χ2n) is 12.0. The van der Waals surface area contributed by atoms with E-state index >= 15 is 0 Å². The Bertz CT molecular complexity index is 828. The summed E-state index contributed by atoms with van der Waals surface area (Å²) in [7, 11) is 0. The van der Waals surface area contributed by atoms with Crippen molar-refractivity contribution in [2.45, 2.75) is 137 Å². The van der Waals surface area contributed by atoms with E-state index in [1.165, 1.54) is 133 Å². The fraction of sp³-hybridized carbons (Fsp3) is 0.722. The van der Waals surface area contributed by atoms with Crippen LogP contribution in [-0.4, -0.2) is 47.2 Å². The summed E-state index contributed by atoms with van der Waals surface area (Å²) in [6.45, 7) is 15.6. The zero-order chi connectivity index (χ0) is 28.7. The van der Waals surface area contributed by atoms with Gasteiger partial charge in [0.15, 0.2) is 5.82 Å². The van der Waals surface area contributed by atoms with E-state index in [1.807, 2.05) is 12.4 Å². The first kappa shape index (κ1) is 34.3. The molecule has 0 unspecified atom stereocenters. The summed E-state index contributed by atoms with van der Waals surface area (Å²) in [5.41, 5.74) is 2.29. The van der Waals surface area contributed by atoms with E-state index in [4.69, 9.17) is 4.74 Å². The van der Waals surface area contributed by atoms with Gasteiger partial charge in [-0.3, -0.25) is 0 Å². The molecule has 0 fully saturated rings. The Morgan fingerprint density at radius 3 is 1.65 bits per heavy atom. The molecule has 0 aliphatic heterocycles. The molecule has 0 saturated carbocycles. The molecule has 0 N–H and O–H groups in total. The van der Waals surface area contributed by atoms with Gasteiger partial charge in [0, 0.05) is 18.0 Å². The first-order valence-electron chi connectivity index (χ1n) is 17.1. The van der Waals surface area contributed by atoms with Gasteiger partial charge in [0.05, 0.1) is 32.8 Å². The molecule has 40 heavy (non-hydrogen) atoms. The highest BCUT2D eigenvalue weighted by Crippen LogP contribution is 2.21. The van der Waals surface area contributed by atoms with Crippen molar-refractivity contribution >= 4 is 0 Å². The van der Waals surface area contributed by atoms with Gasteiger partial charge in [-0.25, -0.2) is 9.97 Å². The summed E-state index contributed by atoms with van der Waals surface area (Å²) in [5, 5.41) is 0. The number of rotatable bonds is 25. The SMILES string of the molecule is CCCCCCCCc1cnc(-c2ccc(OCCCCCC[N+](CCCC)(CCCC)CCCC)cc2)nc1. The molecule has 4 heteroatoms. The summed E-state index contributed by atoms with van der Waals surface area (Å²) in [5.74, 6) is 1.74. The second-order valence-corrected chi connectivity index (χ2v) is 12.0. The van der Waals surface area contributed by atoms with Gasteiger partial charge >= 0.3 is 0 Å². The first-order chi connectivity index (χ1) is 19.7. The molecule has 2 rings (SSSR count). The fourth-order valence-electron chi connectivity index (χ4n) is 5.69. The van der Waals surface area contributed by atoms with Crippen LogP contribution in [0.2, 0.25) is 0 Å². The molecule has 4 nitrogen and oxygen atoms in total. The van der Waals surface area contributed by atoms with Crippen LogP contribution in [0.3, 0.4) is 0 Å². The third-order valence-electron chi connectivity index (χ3n) is 8.39. The summed E-state index contributed by atoms with van der Waals surface area (Å²) in [4.78, 5) is 9.25. The Kier molecular flexibility index (Phi) is 18.6. The molecule has 1 aromatic heterocycles. The molecule has 0 atom stereocenters. The van der Waals surface area contributed by atoms with Gasteiger partial charge in [-0.1, -0.05) is 79.1 Å². The lowest BCUT2D eigenvalue weighted by molar-refractivity contribution is -0.929. The number of aromatic nitrogens is 2. The van der Waals surface area contributed by atoms with E-state index in [9.17, 15) is 0 Å². The number of aryl methyl sites for hydroxylation is 1. The topological polar surface area (TPSA) is 35.0 Å². The van der Waals surface area contributed by atoms with Gasteiger partial charge in [-0.2, -0.15) is 0 Å². The predicted molar refractivity (Wildman–Crippen MR) is 173 cm³/mol. The van der Waals surface area contributed by atoms with E-state index in [-0.39, 0.29) is 0 Å². The lowest BCUT2D eigenvalue weighted by Crippen LogP contribution is -2.50. The average molecular weight is 553 g/mol. The highest BCUT2D eigenvalue weighted by molar-refractivity contribution is 5.55. The predicted octanol–water partition coefficient (Wildman–Crippen LogP) is 10.2. The molecule has 0 spiro atoms. The summed E-state index contributed by atoms with van der Waals surface area (Å²) < 4.78 is 7.42. The highest BCUT2D eigenvalue weighted by atomic mass is 16.5.